The third-order valence-electron chi connectivity index (χ3n) is 5.01. The molecular weight excluding hydrogens is 196 g/mol. The van der Waals surface area contributed by atoms with Gasteiger partial charge in [-0.3, -0.25) is 0 Å². The van der Waals surface area contributed by atoms with Gasteiger partial charge in [0.25, 0.3) is 0 Å². The van der Waals surface area contributed by atoms with Gasteiger partial charge in [0.05, 0.1) is 5.82 Å². The van der Waals surface area contributed by atoms with E-state index < -0.39 is 0 Å². The molecule has 3 unspecified atom stereocenters. The van der Waals surface area contributed by atoms with E-state index >= 15 is 0 Å². The third kappa shape index (κ3) is 1.83. The summed E-state index contributed by atoms with van der Waals surface area (Å²) in [6.45, 7) is 5.98. The van der Waals surface area contributed by atoms with Gasteiger partial charge >= 0.3 is 0 Å². The second-order valence-corrected chi connectivity index (χ2v) is 6.74. The van der Waals surface area contributed by atoms with Crippen molar-refractivity contribution < 1.29 is 0 Å². The average Bonchev–Trinajstić information content (AvgIpc) is 2.76. The Labute approximate surface area is 98.7 Å². The summed E-state index contributed by atoms with van der Waals surface area (Å²) in [7, 11) is 0. The summed E-state index contributed by atoms with van der Waals surface area (Å²) < 4.78 is 0. The van der Waals surface area contributed by atoms with Crippen molar-refractivity contribution in [3.63, 3.8) is 0 Å². The third-order valence-corrected chi connectivity index (χ3v) is 5.01. The standard InChI is InChI=1S/C14H24N2/c1-9(16-10(2)15)5-14-6-11(7-14)3-12-4-13(12)8-14/h9,11-13,16H,2-8,15H2,1H3. The van der Waals surface area contributed by atoms with Crippen LogP contribution in [0.15, 0.2) is 12.4 Å². The van der Waals surface area contributed by atoms with Crippen LogP contribution in [0.3, 0.4) is 0 Å². The van der Waals surface area contributed by atoms with E-state index in [2.05, 4.69) is 18.8 Å². The first kappa shape index (κ1) is 10.5. The molecule has 0 aromatic heterocycles. The molecule has 4 aliphatic carbocycles. The Bertz CT molecular complexity index is 304. The lowest BCUT2D eigenvalue weighted by atomic mass is 9.57. The molecule has 16 heavy (non-hydrogen) atoms. The highest BCUT2D eigenvalue weighted by molar-refractivity contribution is 5.06. The van der Waals surface area contributed by atoms with Crippen molar-refractivity contribution in [3.8, 4) is 0 Å². The molecule has 2 heteroatoms. The lowest BCUT2D eigenvalue weighted by Gasteiger charge is -2.48. The van der Waals surface area contributed by atoms with E-state index in [9.17, 15) is 0 Å². The second-order valence-electron chi connectivity index (χ2n) is 6.74. The van der Waals surface area contributed by atoms with Crippen LogP contribution in [0.5, 0.6) is 0 Å². The van der Waals surface area contributed by atoms with Crippen molar-refractivity contribution in [1.82, 2.24) is 5.32 Å². The van der Waals surface area contributed by atoms with E-state index in [0.29, 0.717) is 17.3 Å². The molecule has 4 saturated carbocycles. The normalized spacial score (nSPS) is 45.9. The molecule has 4 rings (SSSR count). The van der Waals surface area contributed by atoms with Crippen LogP contribution in [-0.4, -0.2) is 6.04 Å². The largest absolute Gasteiger partial charge is 0.386 e. The molecule has 3 atom stereocenters. The maximum atomic E-state index is 5.62. The lowest BCUT2D eigenvalue weighted by Crippen LogP contribution is -2.42. The molecule has 2 bridgehead atoms. The molecule has 0 aromatic rings. The van der Waals surface area contributed by atoms with Gasteiger partial charge in [0.1, 0.15) is 0 Å². The molecule has 3 N–H and O–H groups in total. The van der Waals surface area contributed by atoms with E-state index in [0.717, 1.165) is 17.8 Å². The van der Waals surface area contributed by atoms with Gasteiger partial charge in [0, 0.05) is 6.04 Å². The minimum Gasteiger partial charge on any atom is -0.386 e. The first-order chi connectivity index (χ1) is 7.56. The number of nitrogens with one attached hydrogen (secondary N) is 1. The molecule has 4 fully saturated rings. The molecule has 0 aromatic carbocycles. The fraction of sp³-hybridized carbons (Fsp3) is 0.857. The van der Waals surface area contributed by atoms with Crippen LogP contribution in [-0.2, 0) is 0 Å². The SMILES string of the molecule is C=C(N)NC(C)CC12CC(CC3CC3C1)C2. The molecule has 0 saturated heterocycles. The molecular formula is C14H24N2. The summed E-state index contributed by atoms with van der Waals surface area (Å²) in [6, 6.07) is 0.494. The Morgan fingerprint density at radius 3 is 2.81 bits per heavy atom. The van der Waals surface area contributed by atoms with Gasteiger partial charge in [0.15, 0.2) is 0 Å². The molecule has 0 heterocycles. The van der Waals surface area contributed by atoms with Crippen molar-refractivity contribution in [3.05, 3.63) is 12.4 Å². The minimum atomic E-state index is 0.494. The van der Waals surface area contributed by atoms with Gasteiger partial charge in [-0.1, -0.05) is 6.58 Å². The number of rotatable bonds is 4. The van der Waals surface area contributed by atoms with Crippen LogP contribution in [0, 0.1) is 23.2 Å². The predicted octanol–water partition coefficient (Wildman–Crippen LogP) is 2.61. The first-order valence-electron chi connectivity index (χ1n) is 6.77. The summed E-state index contributed by atoms with van der Waals surface area (Å²) >= 11 is 0. The highest BCUT2D eigenvalue weighted by Gasteiger charge is 2.55. The van der Waals surface area contributed by atoms with Crippen LogP contribution < -0.4 is 11.1 Å². The Balaban J connectivity index is 1.59. The van der Waals surface area contributed by atoms with Crippen LogP contribution in [0.4, 0.5) is 0 Å². The van der Waals surface area contributed by atoms with E-state index in [4.69, 9.17) is 5.73 Å². The predicted molar refractivity (Wildman–Crippen MR) is 66.5 cm³/mol. The lowest BCUT2D eigenvalue weighted by molar-refractivity contribution is 0.0312. The molecule has 0 radical (unpaired) electrons. The second kappa shape index (κ2) is 3.41. The van der Waals surface area contributed by atoms with Crippen molar-refractivity contribution in [2.45, 2.75) is 51.5 Å². The fourth-order valence-corrected chi connectivity index (χ4v) is 4.60. The van der Waals surface area contributed by atoms with E-state index in [1.54, 1.807) is 0 Å². The van der Waals surface area contributed by atoms with Crippen molar-refractivity contribution in [2.75, 3.05) is 0 Å². The first-order valence-corrected chi connectivity index (χ1v) is 6.77. The topological polar surface area (TPSA) is 38.0 Å². The minimum absolute atomic E-state index is 0.494. The van der Waals surface area contributed by atoms with Crippen LogP contribution in [0.25, 0.3) is 0 Å². The highest BCUT2D eigenvalue weighted by Crippen LogP contribution is 2.65. The molecule has 0 aliphatic heterocycles. The van der Waals surface area contributed by atoms with Gasteiger partial charge in [-0.2, -0.15) is 0 Å². The van der Waals surface area contributed by atoms with Gasteiger partial charge in [-0.25, -0.2) is 0 Å². The molecule has 0 spiro atoms. The maximum absolute atomic E-state index is 5.62. The maximum Gasteiger partial charge on any atom is 0.0887 e. The Morgan fingerprint density at radius 2 is 2.12 bits per heavy atom. The van der Waals surface area contributed by atoms with Crippen molar-refractivity contribution >= 4 is 0 Å². The van der Waals surface area contributed by atoms with Crippen molar-refractivity contribution in [2.24, 2.45) is 28.9 Å². The summed E-state index contributed by atoms with van der Waals surface area (Å²) in [5, 5.41) is 3.27. The molecule has 90 valence electrons. The molecule has 0 amide bonds. The summed E-state index contributed by atoms with van der Waals surface area (Å²) in [5.74, 6) is 3.88. The fourth-order valence-electron chi connectivity index (χ4n) is 4.60. The quantitative estimate of drug-likeness (QED) is 0.764. The van der Waals surface area contributed by atoms with Gasteiger partial charge < -0.3 is 11.1 Å². The van der Waals surface area contributed by atoms with E-state index in [1.807, 2.05) is 0 Å². The number of hydrogen-bond acceptors (Lipinski definition) is 2. The number of nitrogens with two attached hydrogens (primary N) is 1. The zero-order valence-corrected chi connectivity index (χ0v) is 10.3. The molecule has 4 aliphatic rings. The van der Waals surface area contributed by atoms with Gasteiger partial charge in [-0.15, -0.1) is 0 Å². The zero-order valence-electron chi connectivity index (χ0n) is 10.3. The van der Waals surface area contributed by atoms with Gasteiger partial charge in [-0.05, 0) is 68.6 Å². The van der Waals surface area contributed by atoms with Gasteiger partial charge in [0.2, 0.25) is 0 Å². The average molecular weight is 220 g/mol. The van der Waals surface area contributed by atoms with Crippen LogP contribution in [0.2, 0.25) is 0 Å². The monoisotopic (exact) mass is 220 g/mol. The zero-order chi connectivity index (χ0) is 11.3. The van der Waals surface area contributed by atoms with Crippen molar-refractivity contribution in [1.29, 1.82) is 0 Å². The number of hydrogen-bond donors (Lipinski definition) is 2. The Kier molecular flexibility index (Phi) is 2.24. The summed E-state index contributed by atoms with van der Waals surface area (Å²) in [4.78, 5) is 0. The summed E-state index contributed by atoms with van der Waals surface area (Å²) in [5.41, 5.74) is 6.28. The summed E-state index contributed by atoms with van der Waals surface area (Å²) in [6.07, 6.45) is 8.84. The Hall–Kier alpha value is -0.660. The molecule has 2 nitrogen and oxygen atoms in total. The van der Waals surface area contributed by atoms with E-state index in [1.165, 1.54) is 38.5 Å². The smallest absolute Gasteiger partial charge is 0.0887 e. The van der Waals surface area contributed by atoms with E-state index in [-0.39, 0.29) is 0 Å². The van der Waals surface area contributed by atoms with Crippen LogP contribution in [0.1, 0.15) is 45.4 Å². The van der Waals surface area contributed by atoms with Crippen LogP contribution >= 0.6 is 0 Å². The highest BCUT2D eigenvalue weighted by atomic mass is 15.0. The Morgan fingerprint density at radius 1 is 1.38 bits per heavy atom.